The third-order valence-electron chi connectivity index (χ3n) is 3.62. The van der Waals surface area contributed by atoms with Crippen LogP contribution in [0.3, 0.4) is 0 Å². The SMILES string of the molecule is OCCC1(CNc2nccc(C(F)(F)F)n2)CCC1. The van der Waals surface area contributed by atoms with Gasteiger partial charge in [0.25, 0.3) is 0 Å². The molecule has 0 amide bonds. The summed E-state index contributed by atoms with van der Waals surface area (Å²) in [5.74, 6) is -0.0148. The lowest BCUT2D eigenvalue weighted by atomic mass is 9.67. The number of nitrogens with zero attached hydrogens (tertiary/aromatic N) is 2. The van der Waals surface area contributed by atoms with E-state index >= 15 is 0 Å². The van der Waals surface area contributed by atoms with Gasteiger partial charge in [-0.1, -0.05) is 6.42 Å². The van der Waals surface area contributed by atoms with E-state index in [1.807, 2.05) is 0 Å². The molecule has 0 radical (unpaired) electrons. The van der Waals surface area contributed by atoms with Gasteiger partial charge in [0.15, 0.2) is 0 Å². The van der Waals surface area contributed by atoms with E-state index in [1.165, 1.54) is 0 Å². The first-order chi connectivity index (χ1) is 8.95. The van der Waals surface area contributed by atoms with Crippen LogP contribution in [0.25, 0.3) is 0 Å². The zero-order valence-electron chi connectivity index (χ0n) is 10.4. The van der Waals surface area contributed by atoms with E-state index in [2.05, 4.69) is 15.3 Å². The molecular formula is C12H16F3N3O. The Morgan fingerprint density at radius 2 is 2.11 bits per heavy atom. The van der Waals surface area contributed by atoms with Gasteiger partial charge in [0, 0.05) is 19.3 Å². The number of nitrogens with one attached hydrogen (secondary N) is 1. The highest BCUT2D eigenvalue weighted by Gasteiger charge is 2.36. The molecule has 0 saturated heterocycles. The lowest BCUT2D eigenvalue weighted by molar-refractivity contribution is -0.141. The van der Waals surface area contributed by atoms with Crippen LogP contribution >= 0.6 is 0 Å². The van der Waals surface area contributed by atoms with Crippen molar-refractivity contribution < 1.29 is 18.3 Å². The Morgan fingerprint density at radius 3 is 2.63 bits per heavy atom. The fraction of sp³-hybridized carbons (Fsp3) is 0.667. The van der Waals surface area contributed by atoms with Crippen molar-refractivity contribution >= 4 is 5.95 Å². The van der Waals surface area contributed by atoms with Crippen LogP contribution in [-0.4, -0.2) is 28.2 Å². The molecule has 2 rings (SSSR count). The van der Waals surface area contributed by atoms with Gasteiger partial charge in [0.05, 0.1) is 0 Å². The van der Waals surface area contributed by atoms with Crippen LogP contribution < -0.4 is 5.32 Å². The Kier molecular flexibility index (Phi) is 3.93. The molecule has 1 heterocycles. The standard InChI is InChI=1S/C12H16F3N3O/c13-12(14,15)9-2-6-16-10(18-9)17-8-11(5-7-19)3-1-4-11/h2,6,19H,1,3-5,7-8H2,(H,16,17,18). The summed E-state index contributed by atoms with van der Waals surface area (Å²) < 4.78 is 37.5. The van der Waals surface area contributed by atoms with Gasteiger partial charge in [-0.05, 0) is 30.7 Å². The highest BCUT2D eigenvalue weighted by atomic mass is 19.4. The van der Waals surface area contributed by atoms with Gasteiger partial charge in [-0.2, -0.15) is 13.2 Å². The smallest absolute Gasteiger partial charge is 0.396 e. The zero-order chi connectivity index (χ0) is 13.9. The summed E-state index contributed by atoms with van der Waals surface area (Å²) in [6, 6.07) is 0.845. The summed E-state index contributed by atoms with van der Waals surface area (Å²) in [6.07, 6.45) is 0.319. The summed E-state index contributed by atoms with van der Waals surface area (Å²) in [6.45, 7) is 0.583. The van der Waals surface area contributed by atoms with Crippen molar-refractivity contribution in [3.8, 4) is 0 Å². The molecule has 0 aliphatic heterocycles. The number of rotatable bonds is 5. The lowest BCUT2D eigenvalue weighted by Crippen LogP contribution is -2.37. The molecule has 1 fully saturated rings. The van der Waals surface area contributed by atoms with E-state index in [0.29, 0.717) is 13.0 Å². The van der Waals surface area contributed by atoms with Gasteiger partial charge in [0.2, 0.25) is 5.95 Å². The molecule has 1 saturated carbocycles. The number of hydrogen-bond donors (Lipinski definition) is 2. The third-order valence-corrected chi connectivity index (χ3v) is 3.62. The maximum Gasteiger partial charge on any atom is 0.433 e. The second-order valence-electron chi connectivity index (χ2n) is 4.94. The molecular weight excluding hydrogens is 259 g/mol. The molecule has 1 aliphatic rings. The maximum atomic E-state index is 12.5. The number of hydrogen-bond acceptors (Lipinski definition) is 4. The van der Waals surface area contributed by atoms with Crippen LogP contribution in [-0.2, 0) is 6.18 Å². The average molecular weight is 275 g/mol. The summed E-state index contributed by atoms with van der Waals surface area (Å²) in [5, 5.41) is 11.9. The van der Waals surface area contributed by atoms with Crippen molar-refractivity contribution in [1.29, 1.82) is 0 Å². The zero-order valence-corrected chi connectivity index (χ0v) is 10.4. The molecule has 1 aromatic heterocycles. The van der Waals surface area contributed by atoms with Gasteiger partial charge in [-0.25, -0.2) is 9.97 Å². The van der Waals surface area contributed by atoms with Gasteiger partial charge in [-0.15, -0.1) is 0 Å². The van der Waals surface area contributed by atoms with E-state index < -0.39 is 11.9 Å². The van der Waals surface area contributed by atoms with Crippen molar-refractivity contribution in [2.24, 2.45) is 5.41 Å². The molecule has 2 N–H and O–H groups in total. The normalized spacial score (nSPS) is 17.9. The molecule has 19 heavy (non-hydrogen) atoms. The lowest BCUT2D eigenvalue weighted by Gasteiger charge is -2.41. The van der Waals surface area contributed by atoms with Crippen LogP contribution in [0.5, 0.6) is 0 Å². The topological polar surface area (TPSA) is 58.0 Å². The van der Waals surface area contributed by atoms with Crippen LogP contribution in [0.15, 0.2) is 12.3 Å². The number of aliphatic hydroxyl groups is 1. The second kappa shape index (κ2) is 5.32. The predicted molar refractivity (Wildman–Crippen MR) is 63.5 cm³/mol. The van der Waals surface area contributed by atoms with Crippen LogP contribution in [0.2, 0.25) is 0 Å². The Bertz CT molecular complexity index is 432. The van der Waals surface area contributed by atoms with E-state index in [-0.39, 0.29) is 18.0 Å². The maximum absolute atomic E-state index is 12.5. The van der Waals surface area contributed by atoms with Crippen molar-refractivity contribution in [2.75, 3.05) is 18.5 Å². The number of alkyl halides is 3. The highest BCUT2D eigenvalue weighted by molar-refractivity contribution is 5.26. The number of anilines is 1. The Hall–Kier alpha value is -1.37. The van der Waals surface area contributed by atoms with Gasteiger partial charge < -0.3 is 10.4 Å². The summed E-state index contributed by atoms with van der Waals surface area (Å²) in [4.78, 5) is 7.25. The molecule has 0 atom stereocenters. The van der Waals surface area contributed by atoms with Gasteiger partial charge in [-0.3, -0.25) is 0 Å². The minimum absolute atomic E-state index is 0.0148. The van der Waals surface area contributed by atoms with Crippen LogP contribution in [0.4, 0.5) is 19.1 Å². The second-order valence-corrected chi connectivity index (χ2v) is 4.94. The number of aliphatic hydroxyl groups excluding tert-OH is 1. The minimum Gasteiger partial charge on any atom is -0.396 e. The van der Waals surface area contributed by atoms with E-state index in [9.17, 15) is 13.2 Å². The monoisotopic (exact) mass is 275 g/mol. The minimum atomic E-state index is -4.46. The average Bonchev–Trinajstić information content (AvgIpc) is 2.32. The van der Waals surface area contributed by atoms with E-state index in [1.54, 1.807) is 0 Å². The quantitative estimate of drug-likeness (QED) is 0.866. The van der Waals surface area contributed by atoms with Crippen molar-refractivity contribution in [3.63, 3.8) is 0 Å². The first-order valence-electron chi connectivity index (χ1n) is 6.20. The first kappa shape index (κ1) is 14.0. The third kappa shape index (κ3) is 3.34. The predicted octanol–water partition coefficient (Wildman–Crippen LogP) is 2.46. The fourth-order valence-electron chi connectivity index (χ4n) is 2.30. The van der Waals surface area contributed by atoms with E-state index in [4.69, 9.17) is 5.11 Å². The van der Waals surface area contributed by atoms with Crippen molar-refractivity contribution in [2.45, 2.75) is 31.9 Å². The first-order valence-corrected chi connectivity index (χ1v) is 6.20. The summed E-state index contributed by atoms with van der Waals surface area (Å²) >= 11 is 0. The van der Waals surface area contributed by atoms with E-state index in [0.717, 1.165) is 31.5 Å². The van der Waals surface area contributed by atoms with Crippen molar-refractivity contribution in [3.05, 3.63) is 18.0 Å². The van der Waals surface area contributed by atoms with Crippen LogP contribution in [0.1, 0.15) is 31.4 Å². The molecule has 7 heteroatoms. The van der Waals surface area contributed by atoms with Crippen molar-refractivity contribution in [1.82, 2.24) is 9.97 Å². The molecule has 106 valence electrons. The molecule has 1 aromatic rings. The Morgan fingerprint density at radius 1 is 1.37 bits per heavy atom. The number of halogens is 3. The molecule has 0 aromatic carbocycles. The molecule has 0 unspecified atom stereocenters. The molecule has 4 nitrogen and oxygen atoms in total. The molecule has 0 spiro atoms. The van der Waals surface area contributed by atoms with Gasteiger partial charge in [0.1, 0.15) is 5.69 Å². The molecule has 1 aliphatic carbocycles. The molecule has 0 bridgehead atoms. The highest BCUT2D eigenvalue weighted by Crippen LogP contribution is 2.43. The Labute approximate surface area is 109 Å². The summed E-state index contributed by atoms with van der Waals surface area (Å²) in [5.41, 5.74) is -0.971. The van der Waals surface area contributed by atoms with Crippen LogP contribution in [0, 0.1) is 5.41 Å². The number of aromatic nitrogens is 2. The Balaban J connectivity index is 2.00. The summed E-state index contributed by atoms with van der Waals surface area (Å²) in [7, 11) is 0. The van der Waals surface area contributed by atoms with Gasteiger partial charge >= 0.3 is 6.18 Å². The fourth-order valence-corrected chi connectivity index (χ4v) is 2.30. The largest absolute Gasteiger partial charge is 0.433 e.